The minimum atomic E-state index is -0.643. The normalized spacial score (nSPS) is 13.8. The number of carbonyl (C=O) groups excluding carboxylic acids is 2. The fourth-order valence-corrected chi connectivity index (χ4v) is 10.4. The monoisotopic (exact) mass is 1110 g/mol. The number of Topliss-reactive ketones (excluding diaryl/α,β-unsaturated/α-hetero) is 2. The maximum Gasteiger partial charge on any atom is 0.254 e. The maximum absolute atomic E-state index is 15.4. The lowest BCUT2D eigenvalue weighted by atomic mass is 9.78. The number of aromatic nitrogens is 4. The first-order valence-corrected chi connectivity index (χ1v) is 27.6. The van der Waals surface area contributed by atoms with Gasteiger partial charge in [-0.15, -0.1) is 0 Å². The second-order valence-electron chi connectivity index (χ2n) is 27.2. The number of carbonyl (C=O) groups is 2. The van der Waals surface area contributed by atoms with Crippen LogP contribution in [-0.4, -0.2) is 31.5 Å². The summed E-state index contributed by atoms with van der Waals surface area (Å²) in [6.45, 7) is 40.1. The quantitative estimate of drug-likeness (QED) is 0.136. The van der Waals surface area contributed by atoms with Gasteiger partial charge in [0.05, 0.1) is 11.4 Å². The molecule has 8 bridgehead atoms. The second kappa shape index (κ2) is 18.5. The van der Waals surface area contributed by atoms with E-state index in [1.807, 2.05) is 6.07 Å². The van der Waals surface area contributed by atoms with Crippen molar-refractivity contribution in [3.05, 3.63) is 163 Å². The van der Waals surface area contributed by atoms with E-state index in [0.717, 1.165) is 81.6 Å². The molecule has 9 rings (SSSR count). The molecule has 7 heteroatoms. The summed E-state index contributed by atoms with van der Waals surface area (Å²) >= 11 is 2.35. The molecule has 5 heterocycles. The highest BCUT2D eigenvalue weighted by Crippen LogP contribution is 2.44. The van der Waals surface area contributed by atoms with E-state index in [1.165, 1.54) is 11.1 Å². The molecule has 75 heavy (non-hydrogen) atoms. The average Bonchev–Trinajstić information content (AvgIpc) is 4.13. The minimum Gasteiger partial charge on any atom is -0.354 e. The number of hydrogen-bond donors (Lipinski definition) is 2. The Morgan fingerprint density at radius 1 is 0.333 bits per heavy atom. The molecular formula is C68H75IN4O2. The van der Waals surface area contributed by atoms with Crippen LogP contribution in [0, 0.1) is 3.57 Å². The number of H-pyrrole nitrogens is 2. The summed E-state index contributed by atoms with van der Waals surface area (Å²) in [7, 11) is 0. The van der Waals surface area contributed by atoms with Crippen LogP contribution < -0.4 is 0 Å². The third-order valence-corrected chi connectivity index (χ3v) is 15.6. The summed E-state index contributed by atoms with van der Waals surface area (Å²) in [6, 6.07) is 37.1. The molecule has 0 saturated heterocycles. The Hall–Kier alpha value is -6.19. The zero-order valence-electron chi connectivity index (χ0n) is 47.6. The SMILES string of the molecule is CC(C)(C)c1cc(-c2c3nc(c(-c4ccc(I)cc4)c4ccc([nH]4)c(-c4cc(C(C)(C)C)cc(C(C)(C)C)c4)c4nc(c(-c5cc(C(C)(C)C)cc(C(C)(C)C)c5)c5ccc2[nH]5)C(=O)C4=O)C=C3)cc(C(C)(C)C)c1. The predicted octanol–water partition coefficient (Wildman–Crippen LogP) is 18.6. The Morgan fingerprint density at radius 2 is 0.600 bits per heavy atom. The third kappa shape index (κ3) is 10.6. The van der Waals surface area contributed by atoms with Crippen LogP contribution in [0.1, 0.15) is 190 Å². The van der Waals surface area contributed by atoms with Gasteiger partial charge in [0.15, 0.2) is 0 Å². The van der Waals surface area contributed by atoms with Crippen LogP contribution in [0.15, 0.2) is 103 Å². The summed E-state index contributed by atoms with van der Waals surface area (Å²) in [4.78, 5) is 49.5. The van der Waals surface area contributed by atoms with E-state index in [2.05, 4.69) is 266 Å². The van der Waals surface area contributed by atoms with Gasteiger partial charge in [0.2, 0.25) is 0 Å². The summed E-state index contributed by atoms with van der Waals surface area (Å²) in [5.41, 5.74) is 17.1. The van der Waals surface area contributed by atoms with Gasteiger partial charge in [-0.25, -0.2) is 9.97 Å². The zero-order valence-corrected chi connectivity index (χ0v) is 49.7. The van der Waals surface area contributed by atoms with Gasteiger partial charge < -0.3 is 9.97 Å². The summed E-state index contributed by atoms with van der Waals surface area (Å²) in [5.74, 6) is -1.29. The topological polar surface area (TPSA) is 91.5 Å². The molecule has 2 aliphatic heterocycles. The fourth-order valence-electron chi connectivity index (χ4n) is 10.0. The van der Waals surface area contributed by atoms with Gasteiger partial charge in [0.25, 0.3) is 11.6 Å². The Kier molecular flexibility index (Phi) is 13.2. The van der Waals surface area contributed by atoms with E-state index in [4.69, 9.17) is 9.97 Å². The standard InChI is InChI=1S/C68H75IN4O2/c1-63(2,3)42-29-39(30-43(35-42)64(4,5)6)56-51-24-23-49(70-51)55(38-19-21-48(69)22-20-38)50-25-27-53(71-50)57(40-31-44(65(7,8)9)36-45(32-40)66(10,11)12)59-61(74)62(75)60(73-59)58(54-28-26-52(56)72-54)41-33-46(67(13,14)15)37-47(34-41)68(16,17)18/h19-37,71-72H,1-18H3. The number of nitrogens with one attached hydrogen (secondary N) is 2. The van der Waals surface area contributed by atoms with Crippen LogP contribution in [0.2, 0.25) is 0 Å². The number of aromatic amines is 2. The first kappa shape index (κ1) is 53.6. The van der Waals surface area contributed by atoms with Crippen molar-refractivity contribution in [2.75, 3.05) is 0 Å². The van der Waals surface area contributed by atoms with Crippen molar-refractivity contribution in [3.8, 4) is 44.5 Å². The van der Waals surface area contributed by atoms with E-state index in [1.54, 1.807) is 0 Å². The molecule has 2 aliphatic rings. The molecule has 0 atom stereocenters. The van der Waals surface area contributed by atoms with Gasteiger partial charge in [-0.1, -0.05) is 191 Å². The van der Waals surface area contributed by atoms with Gasteiger partial charge in [-0.2, -0.15) is 0 Å². The van der Waals surface area contributed by atoms with E-state index < -0.39 is 11.6 Å². The lowest BCUT2D eigenvalue weighted by Crippen LogP contribution is -2.17. The van der Waals surface area contributed by atoms with Crippen molar-refractivity contribution in [2.24, 2.45) is 0 Å². The van der Waals surface area contributed by atoms with Crippen molar-refractivity contribution in [2.45, 2.75) is 157 Å². The van der Waals surface area contributed by atoms with Crippen molar-refractivity contribution >= 4 is 68.4 Å². The van der Waals surface area contributed by atoms with Crippen LogP contribution in [0.3, 0.4) is 0 Å². The molecule has 0 radical (unpaired) electrons. The number of halogens is 1. The molecule has 2 N–H and O–H groups in total. The molecular weight excluding hydrogens is 1030 g/mol. The largest absolute Gasteiger partial charge is 0.354 e. The molecule has 6 nitrogen and oxygen atoms in total. The number of fused-ring (bicyclic) bond motifs is 8. The summed E-state index contributed by atoms with van der Waals surface area (Å²) in [5, 5.41) is 0. The van der Waals surface area contributed by atoms with Crippen LogP contribution in [0.4, 0.5) is 0 Å². The molecule has 3 aromatic heterocycles. The van der Waals surface area contributed by atoms with E-state index in [9.17, 15) is 0 Å². The minimum absolute atomic E-state index is 0.110. The van der Waals surface area contributed by atoms with Crippen LogP contribution in [-0.2, 0) is 32.5 Å². The van der Waals surface area contributed by atoms with Gasteiger partial charge in [0.1, 0.15) is 11.4 Å². The first-order valence-electron chi connectivity index (χ1n) is 26.5. The van der Waals surface area contributed by atoms with Crippen molar-refractivity contribution in [1.29, 1.82) is 0 Å². The smallest absolute Gasteiger partial charge is 0.254 e. The first-order chi connectivity index (χ1) is 34.7. The Balaban J connectivity index is 1.56. The Morgan fingerprint density at radius 3 is 0.893 bits per heavy atom. The van der Waals surface area contributed by atoms with E-state index in [0.29, 0.717) is 22.2 Å². The molecule has 0 amide bonds. The van der Waals surface area contributed by atoms with E-state index in [-0.39, 0.29) is 43.9 Å². The predicted molar refractivity (Wildman–Crippen MR) is 325 cm³/mol. The second-order valence-corrected chi connectivity index (χ2v) is 28.4. The number of rotatable bonds is 4. The molecule has 0 unspecified atom stereocenters. The average molecular weight is 1110 g/mol. The maximum atomic E-state index is 15.4. The fraction of sp³-hybridized carbons (Fsp3) is 0.353. The number of hydrogen-bond acceptors (Lipinski definition) is 4. The summed E-state index contributed by atoms with van der Waals surface area (Å²) < 4.78 is 1.12. The van der Waals surface area contributed by atoms with Crippen molar-refractivity contribution in [1.82, 2.24) is 19.9 Å². The highest BCUT2D eigenvalue weighted by atomic mass is 127. The van der Waals surface area contributed by atoms with Crippen molar-refractivity contribution in [3.63, 3.8) is 0 Å². The zero-order chi connectivity index (χ0) is 54.7. The molecule has 0 saturated carbocycles. The number of ketones is 2. The lowest BCUT2D eigenvalue weighted by molar-refractivity contribution is 0.0826. The molecule has 0 spiro atoms. The van der Waals surface area contributed by atoms with Gasteiger partial charge in [-0.05, 0) is 159 Å². The Labute approximate surface area is 459 Å². The molecule has 7 aromatic rings. The van der Waals surface area contributed by atoms with Crippen LogP contribution >= 0.6 is 22.6 Å². The molecule has 0 fully saturated rings. The van der Waals surface area contributed by atoms with E-state index >= 15 is 9.59 Å². The highest BCUT2D eigenvalue weighted by molar-refractivity contribution is 14.1. The molecule has 4 aromatic carbocycles. The lowest BCUT2D eigenvalue weighted by Gasteiger charge is -2.26. The van der Waals surface area contributed by atoms with Gasteiger partial charge >= 0.3 is 0 Å². The number of nitrogens with zero attached hydrogens (tertiary/aromatic N) is 2. The molecule has 0 aliphatic carbocycles. The van der Waals surface area contributed by atoms with Crippen LogP contribution in [0.5, 0.6) is 0 Å². The van der Waals surface area contributed by atoms with Gasteiger partial charge in [-0.3, -0.25) is 9.59 Å². The molecule has 386 valence electrons. The summed E-state index contributed by atoms with van der Waals surface area (Å²) in [6.07, 6.45) is 4.27. The van der Waals surface area contributed by atoms with Gasteiger partial charge in [0, 0.05) is 47.9 Å². The third-order valence-electron chi connectivity index (χ3n) is 14.9. The highest BCUT2D eigenvalue weighted by Gasteiger charge is 2.36. The van der Waals surface area contributed by atoms with Crippen LogP contribution in [0.25, 0.3) is 78.7 Å². The Bertz CT molecular complexity index is 3590. The number of benzene rings is 4. The van der Waals surface area contributed by atoms with Crippen molar-refractivity contribution < 1.29 is 9.59 Å².